The molecule has 0 aliphatic carbocycles. The van der Waals surface area contributed by atoms with Crippen LogP contribution in [0.3, 0.4) is 0 Å². The Balaban J connectivity index is 1.75. The Labute approximate surface area is 81.9 Å². The second kappa shape index (κ2) is 4.25. The molecule has 0 spiro atoms. The highest BCUT2D eigenvalue weighted by Gasteiger charge is 2.33. The standard InChI is InChI=1S/C9H14O5/c10-9(11)7-5-13-8(14-7)3-6-1-2-12-4-6/h6-8H,1-5H2,(H,10,11). The number of hydrogen-bond donors (Lipinski definition) is 1. The van der Waals surface area contributed by atoms with E-state index in [1.807, 2.05) is 0 Å². The van der Waals surface area contributed by atoms with Crippen molar-refractivity contribution in [3.05, 3.63) is 0 Å². The van der Waals surface area contributed by atoms with E-state index < -0.39 is 12.1 Å². The molecule has 3 atom stereocenters. The maximum atomic E-state index is 10.6. The summed E-state index contributed by atoms with van der Waals surface area (Å²) in [6.45, 7) is 1.69. The molecule has 0 saturated carbocycles. The lowest BCUT2D eigenvalue weighted by Crippen LogP contribution is -2.23. The summed E-state index contributed by atoms with van der Waals surface area (Å²) in [7, 11) is 0. The predicted octanol–water partition coefficient (Wildman–Crippen LogP) is 0.239. The van der Waals surface area contributed by atoms with E-state index in [2.05, 4.69) is 0 Å². The summed E-state index contributed by atoms with van der Waals surface area (Å²) in [5, 5.41) is 8.66. The first-order valence-electron chi connectivity index (χ1n) is 4.83. The average molecular weight is 202 g/mol. The summed E-state index contributed by atoms with van der Waals surface area (Å²) in [6.07, 6.45) is 0.607. The average Bonchev–Trinajstić information content (AvgIpc) is 2.75. The van der Waals surface area contributed by atoms with Gasteiger partial charge in [0.25, 0.3) is 0 Å². The molecular formula is C9H14O5. The van der Waals surface area contributed by atoms with Crippen LogP contribution in [0.15, 0.2) is 0 Å². The van der Waals surface area contributed by atoms with Crippen LogP contribution in [0.1, 0.15) is 12.8 Å². The van der Waals surface area contributed by atoms with Crippen LogP contribution in [0.4, 0.5) is 0 Å². The van der Waals surface area contributed by atoms with Gasteiger partial charge in [0.2, 0.25) is 0 Å². The molecule has 80 valence electrons. The van der Waals surface area contributed by atoms with Gasteiger partial charge in [0.05, 0.1) is 6.61 Å². The van der Waals surface area contributed by atoms with Crippen molar-refractivity contribution in [1.82, 2.24) is 0 Å². The molecule has 2 aliphatic rings. The van der Waals surface area contributed by atoms with Gasteiger partial charge in [0.15, 0.2) is 12.4 Å². The third-order valence-corrected chi connectivity index (χ3v) is 2.57. The Bertz CT molecular complexity index is 211. The Morgan fingerprint density at radius 3 is 2.86 bits per heavy atom. The van der Waals surface area contributed by atoms with Crippen molar-refractivity contribution in [2.75, 3.05) is 19.8 Å². The number of carbonyl (C=O) groups is 1. The summed E-state index contributed by atoms with van der Waals surface area (Å²) in [6, 6.07) is 0. The maximum absolute atomic E-state index is 10.6. The molecule has 2 saturated heterocycles. The van der Waals surface area contributed by atoms with Gasteiger partial charge in [0, 0.05) is 19.6 Å². The fourth-order valence-electron chi connectivity index (χ4n) is 1.75. The molecule has 0 aromatic heterocycles. The summed E-state index contributed by atoms with van der Waals surface area (Å²) < 4.78 is 15.7. The molecule has 2 heterocycles. The quantitative estimate of drug-likeness (QED) is 0.710. The van der Waals surface area contributed by atoms with Gasteiger partial charge in [-0.05, 0) is 12.3 Å². The van der Waals surface area contributed by atoms with Crippen LogP contribution in [0.25, 0.3) is 0 Å². The van der Waals surface area contributed by atoms with Crippen molar-refractivity contribution in [2.24, 2.45) is 5.92 Å². The van der Waals surface area contributed by atoms with Gasteiger partial charge in [-0.3, -0.25) is 0 Å². The minimum Gasteiger partial charge on any atom is -0.479 e. The molecule has 0 bridgehead atoms. The Morgan fingerprint density at radius 2 is 2.29 bits per heavy atom. The Hall–Kier alpha value is -0.650. The molecule has 5 nitrogen and oxygen atoms in total. The van der Waals surface area contributed by atoms with E-state index in [0.29, 0.717) is 5.92 Å². The van der Waals surface area contributed by atoms with Crippen LogP contribution in [-0.2, 0) is 19.0 Å². The van der Waals surface area contributed by atoms with Crippen molar-refractivity contribution < 1.29 is 24.1 Å². The van der Waals surface area contributed by atoms with Crippen molar-refractivity contribution in [1.29, 1.82) is 0 Å². The van der Waals surface area contributed by atoms with Gasteiger partial charge in [-0.15, -0.1) is 0 Å². The van der Waals surface area contributed by atoms with Crippen molar-refractivity contribution in [3.8, 4) is 0 Å². The van der Waals surface area contributed by atoms with Gasteiger partial charge in [0.1, 0.15) is 0 Å². The second-order valence-corrected chi connectivity index (χ2v) is 3.69. The predicted molar refractivity (Wildman–Crippen MR) is 45.8 cm³/mol. The van der Waals surface area contributed by atoms with Gasteiger partial charge < -0.3 is 19.3 Å². The van der Waals surface area contributed by atoms with E-state index in [0.717, 1.165) is 26.1 Å². The number of aliphatic carboxylic acids is 1. The van der Waals surface area contributed by atoms with Gasteiger partial charge in [-0.2, -0.15) is 0 Å². The monoisotopic (exact) mass is 202 g/mol. The summed E-state index contributed by atoms with van der Waals surface area (Å²) in [4.78, 5) is 10.6. The van der Waals surface area contributed by atoms with E-state index in [4.69, 9.17) is 19.3 Å². The topological polar surface area (TPSA) is 65.0 Å². The molecule has 2 fully saturated rings. The second-order valence-electron chi connectivity index (χ2n) is 3.69. The molecule has 14 heavy (non-hydrogen) atoms. The molecule has 0 aromatic rings. The zero-order valence-electron chi connectivity index (χ0n) is 7.85. The van der Waals surface area contributed by atoms with E-state index in [1.165, 1.54) is 0 Å². The van der Waals surface area contributed by atoms with E-state index in [-0.39, 0.29) is 12.9 Å². The molecule has 0 aromatic carbocycles. The van der Waals surface area contributed by atoms with E-state index in [1.54, 1.807) is 0 Å². The largest absolute Gasteiger partial charge is 0.479 e. The SMILES string of the molecule is O=C(O)C1COC(CC2CCOC2)O1. The summed E-state index contributed by atoms with van der Waals surface area (Å²) in [5.41, 5.74) is 0. The van der Waals surface area contributed by atoms with Crippen LogP contribution in [-0.4, -0.2) is 43.3 Å². The van der Waals surface area contributed by atoms with Crippen LogP contribution >= 0.6 is 0 Å². The smallest absolute Gasteiger partial charge is 0.335 e. The maximum Gasteiger partial charge on any atom is 0.335 e. The number of carboxylic acid groups (broad SMARTS) is 1. The number of carboxylic acids is 1. The highest BCUT2D eigenvalue weighted by Crippen LogP contribution is 2.24. The van der Waals surface area contributed by atoms with Gasteiger partial charge in [-0.25, -0.2) is 4.79 Å². The number of rotatable bonds is 3. The zero-order valence-corrected chi connectivity index (χ0v) is 7.85. The lowest BCUT2D eigenvalue weighted by atomic mass is 10.1. The molecule has 2 aliphatic heterocycles. The lowest BCUT2D eigenvalue weighted by Gasteiger charge is -2.13. The number of ether oxygens (including phenoxy) is 3. The first kappa shape index (κ1) is 9.89. The van der Waals surface area contributed by atoms with Crippen LogP contribution in [0.2, 0.25) is 0 Å². The summed E-state index contributed by atoms with van der Waals surface area (Å²) in [5.74, 6) is -0.497. The van der Waals surface area contributed by atoms with Crippen molar-refractivity contribution >= 4 is 5.97 Å². The first-order valence-corrected chi connectivity index (χ1v) is 4.83. The van der Waals surface area contributed by atoms with Crippen molar-refractivity contribution in [3.63, 3.8) is 0 Å². The van der Waals surface area contributed by atoms with Crippen molar-refractivity contribution in [2.45, 2.75) is 25.2 Å². The van der Waals surface area contributed by atoms with Gasteiger partial charge >= 0.3 is 5.97 Å². The molecular weight excluding hydrogens is 188 g/mol. The minimum atomic E-state index is -0.949. The molecule has 5 heteroatoms. The molecule has 0 amide bonds. The fraction of sp³-hybridized carbons (Fsp3) is 0.889. The lowest BCUT2D eigenvalue weighted by molar-refractivity contribution is -0.151. The highest BCUT2D eigenvalue weighted by atomic mass is 16.7. The Morgan fingerprint density at radius 1 is 1.43 bits per heavy atom. The normalized spacial score (nSPS) is 37.6. The zero-order chi connectivity index (χ0) is 9.97. The minimum absolute atomic E-state index is 0.160. The van der Waals surface area contributed by atoms with Crippen LogP contribution in [0, 0.1) is 5.92 Å². The van der Waals surface area contributed by atoms with Gasteiger partial charge in [-0.1, -0.05) is 0 Å². The molecule has 2 rings (SSSR count). The molecule has 1 N–H and O–H groups in total. The number of hydrogen-bond acceptors (Lipinski definition) is 4. The molecule has 0 radical (unpaired) electrons. The van der Waals surface area contributed by atoms with E-state index in [9.17, 15) is 4.79 Å². The van der Waals surface area contributed by atoms with Crippen LogP contribution < -0.4 is 0 Å². The highest BCUT2D eigenvalue weighted by molar-refractivity contribution is 5.72. The Kier molecular flexibility index (Phi) is 3.00. The molecule has 3 unspecified atom stereocenters. The third-order valence-electron chi connectivity index (χ3n) is 2.57. The van der Waals surface area contributed by atoms with E-state index >= 15 is 0 Å². The summed E-state index contributed by atoms with van der Waals surface area (Å²) >= 11 is 0. The fourth-order valence-corrected chi connectivity index (χ4v) is 1.75. The third kappa shape index (κ3) is 2.23. The van der Waals surface area contributed by atoms with Crippen LogP contribution in [0.5, 0.6) is 0 Å². The first-order chi connectivity index (χ1) is 6.75.